The first-order valence-corrected chi connectivity index (χ1v) is 8.64. The van der Waals surface area contributed by atoms with Crippen LogP contribution in [0.2, 0.25) is 19.6 Å². The molecule has 0 unspecified atom stereocenters. The van der Waals surface area contributed by atoms with Crippen LogP contribution < -0.4 is 5.19 Å². The monoisotopic (exact) mass is 229 g/mol. The van der Waals surface area contributed by atoms with Crippen LogP contribution in [0.15, 0.2) is 29.4 Å². The van der Waals surface area contributed by atoms with Gasteiger partial charge >= 0.3 is 0 Å². The molecule has 16 heavy (non-hydrogen) atoms. The van der Waals surface area contributed by atoms with Crippen molar-refractivity contribution in [3.05, 3.63) is 40.3 Å². The summed E-state index contributed by atoms with van der Waals surface area (Å²) in [6.07, 6.45) is 0. The molecule has 0 aliphatic carbocycles. The molecule has 0 amide bonds. The van der Waals surface area contributed by atoms with Gasteiger partial charge in [0.25, 0.3) is 0 Å². The molecule has 1 aromatic rings. The van der Waals surface area contributed by atoms with Gasteiger partial charge in [0, 0.05) is 10.5 Å². The highest BCUT2D eigenvalue weighted by Gasteiger charge is 2.15. The molecule has 0 N–H and O–H groups in total. The van der Waals surface area contributed by atoms with Gasteiger partial charge in [-0.05, 0) is 17.7 Å². The summed E-state index contributed by atoms with van der Waals surface area (Å²) in [5.41, 5.74) is 9.10. The second-order valence-electron chi connectivity index (χ2n) is 4.52. The fraction of sp³-hybridized carbons (Fsp3) is 0.333. The van der Waals surface area contributed by atoms with E-state index >= 15 is 0 Å². The van der Waals surface area contributed by atoms with Crippen molar-refractivity contribution in [3.8, 4) is 11.8 Å². The average molecular weight is 229 g/mol. The maximum atomic E-state index is 8.11. The van der Waals surface area contributed by atoms with Crippen LogP contribution >= 0.6 is 0 Å². The van der Waals surface area contributed by atoms with Gasteiger partial charge in [0.05, 0.1) is 14.6 Å². The van der Waals surface area contributed by atoms with Gasteiger partial charge in [0.15, 0.2) is 0 Å². The Morgan fingerprint density at radius 3 is 2.75 bits per heavy atom. The van der Waals surface area contributed by atoms with E-state index in [1.54, 1.807) is 0 Å². The Labute approximate surface area is 97.1 Å². The summed E-state index contributed by atoms with van der Waals surface area (Å²) >= 11 is 0. The molecule has 0 aliphatic rings. The van der Waals surface area contributed by atoms with Crippen molar-refractivity contribution in [2.24, 2.45) is 5.11 Å². The zero-order valence-electron chi connectivity index (χ0n) is 9.86. The van der Waals surface area contributed by atoms with Crippen molar-refractivity contribution in [2.75, 3.05) is 6.54 Å². The highest BCUT2D eigenvalue weighted by atomic mass is 28.3. The predicted octanol–water partition coefficient (Wildman–Crippen LogP) is 2.89. The number of hydrogen-bond acceptors (Lipinski definition) is 1. The van der Waals surface area contributed by atoms with Crippen molar-refractivity contribution in [1.29, 1.82) is 0 Å². The standard InChI is InChI=1S/C12H15N3Si/c1-16(2,3)12-8-4-6-11(10-12)7-5-9-14-15-13/h4,6,8,10H,9H2,1-3H3. The van der Waals surface area contributed by atoms with E-state index < -0.39 is 8.07 Å². The summed E-state index contributed by atoms with van der Waals surface area (Å²) in [4.78, 5) is 2.65. The van der Waals surface area contributed by atoms with Gasteiger partial charge in [-0.2, -0.15) is 0 Å². The Kier molecular flexibility index (Phi) is 4.18. The fourth-order valence-corrected chi connectivity index (χ4v) is 2.46. The Bertz CT molecular complexity index is 471. The van der Waals surface area contributed by atoms with Crippen LogP contribution in [0.4, 0.5) is 0 Å². The van der Waals surface area contributed by atoms with Gasteiger partial charge in [0.1, 0.15) is 0 Å². The van der Waals surface area contributed by atoms with E-state index in [0.717, 1.165) is 5.56 Å². The maximum Gasteiger partial charge on any atom is 0.0880 e. The topological polar surface area (TPSA) is 48.8 Å². The van der Waals surface area contributed by atoms with Crippen LogP contribution in [0.25, 0.3) is 10.4 Å². The molecule has 0 spiro atoms. The highest BCUT2D eigenvalue weighted by Crippen LogP contribution is 2.04. The summed E-state index contributed by atoms with van der Waals surface area (Å²) in [6, 6.07) is 8.30. The first-order valence-electron chi connectivity index (χ1n) is 5.14. The van der Waals surface area contributed by atoms with Gasteiger partial charge in [0.2, 0.25) is 0 Å². The summed E-state index contributed by atoms with van der Waals surface area (Å²) in [5.74, 6) is 5.83. The van der Waals surface area contributed by atoms with Crippen LogP contribution in [0.5, 0.6) is 0 Å². The fourth-order valence-electron chi connectivity index (χ4n) is 1.27. The average Bonchev–Trinajstić information content (AvgIpc) is 2.24. The molecular weight excluding hydrogens is 214 g/mol. The van der Waals surface area contributed by atoms with Crippen molar-refractivity contribution in [3.63, 3.8) is 0 Å². The van der Waals surface area contributed by atoms with E-state index in [9.17, 15) is 0 Å². The van der Waals surface area contributed by atoms with E-state index in [-0.39, 0.29) is 6.54 Å². The van der Waals surface area contributed by atoms with Crippen molar-refractivity contribution in [1.82, 2.24) is 0 Å². The van der Waals surface area contributed by atoms with Gasteiger partial charge in [-0.1, -0.05) is 53.9 Å². The molecule has 4 heteroatoms. The highest BCUT2D eigenvalue weighted by molar-refractivity contribution is 6.88. The quantitative estimate of drug-likeness (QED) is 0.246. The number of benzene rings is 1. The third kappa shape index (κ3) is 3.82. The van der Waals surface area contributed by atoms with E-state index in [1.165, 1.54) is 5.19 Å². The largest absolute Gasteiger partial charge is 0.0919 e. The molecule has 0 heterocycles. The Balaban J connectivity index is 2.89. The van der Waals surface area contributed by atoms with E-state index in [1.807, 2.05) is 12.1 Å². The van der Waals surface area contributed by atoms with Crippen molar-refractivity contribution >= 4 is 13.3 Å². The van der Waals surface area contributed by atoms with Gasteiger partial charge < -0.3 is 0 Å². The van der Waals surface area contributed by atoms with Crippen LogP contribution in [-0.4, -0.2) is 14.6 Å². The van der Waals surface area contributed by atoms with Gasteiger partial charge in [-0.15, -0.1) is 0 Å². The number of azide groups is 1. The number of nitrogens with zero attached hydrogens (tertiary/aromatic N) is 3. The molecule has 0 aliphatic heterocycles. The molecule has 0 aromatic heterocycles. The molecule has 3 nitrogen and oxygen atoms in total. The summed E-state index contributed by atoms with van der Waals surface area (Å²) in [5, 5.41) is 4.77. The van der Waals surface area contributed by atoms with Crippen molar-refractivity contribution < 1.29 is 0 Å². The number of hydrogen-bond donors (Lipinski definition) is 0. The molecule has 0 fully saturated rings. The second-order valence-corrected chi connectivity index (χ2v) is 9.60. The lowest BCUT2D eigenvalue weighted by Crippen LogP contribution is -2.37. The normalized spacial score (nSPS) is 9.94. The van der Waals surface area contributed by atoms with Crippen molar-refractivity contribution in [2.45, 2.75) is 19.6 Å². The van der Waals surface area contributed by atoms with Crippen LogP contribution in [0.3, 0.4) is 0 Å². The minimum atomic E-state index is -1.27. The smallest absolute Gasteiger partial charge is 0.0880 e. The minimum Gasteiger partial charge on any atom is -0.0919 e. The molecule has 0 radical (unpaired) electrons. The zero-order valence-corrected chi connectivity index (χ0v) is 10.9. The minimum absolute atomic E-state index is 0.230. The lowest BCUT2D eigenvalue weighted by atomic mass is 10.2. The second kappa shape index (κ2) is 5.41. The summed E-state index contributed by atoms with van der Waals surface area (Å²) < 4.78 is 0. The van der Waals surface area contributed by atoms with E-state index in [2.05, 4.69) is 53.6 Å². The predicted molar refractivity (Wildman–Crippen MR) is 70.3 cm³/mol. The van der Waals surface area contributed by atoms with Crippen LogP contribution in [0, 0.1) is 11.8 Å². The molecule has 0 atom stereocenters. The molecule has 0 bridgehead atoms. The van der Waals surface area contributed by atoms with E-state index in [4.69, 9.17) is 5.53 Å². The van der Waals surface area contributed by atoms with Crippen LogP contribution in [0.1, 0.15) is 5.56 Å². The Morgan fingerprint density at radius 2 is 2.12 bits per heavy atom. The zero-order chi connectivity index (χ0) is 12.0. The lowest BCUT2D eigenvalue weighted by molar-refractivity contribution is 1.25. The van der Waals surface area contributed by atoms with Gasteiger partial charge in [-0.25, -0.2) is 0 Å². The van der Waals surface area contributed by atoms with Crippen LogP contribution in [-0.2, 0) is 0 Å². The SMILES string of the molecule is C[Si](C)(C)c1cccc(C#CCN=[N+]=[N-])c1. The Hall–Kier alpha value is -1.69. The lowest BCUT2D eigenvalue weighted by Gasteiger charge is -2.16. The molecule has 0 saturated heterocycles. The third-order valence-electron chi connectivity index (χ3n) is 2.17. The first-order chi connectivity index (χ1) is 7.54. The molecule has 0 saturated carbocycles. The maximum absolute atomic E-state index is 8.11. The van der Waals surface area contributed by atoms with Gasteiger partial charge in [-0.3, -0.25) is 0 Å². The molecule has 82 valence electrons. The molecular formula is C12H15N3Si. The summed E-state index contributed by atoms with van der Waals surface area (Å²) in [7, 11) is -1.27. The first kappa shape index (κ1) is 12.4. The molecule has 1 aromatic carbocycles. The van der Waals surface area contributed by atoms with E-state index in [0.29, 0.717) is 0 Å². The molecule has 1 rings (SSSR count). The Morgan fingerprint density at radius 1 is 1.38 bits per heavy atom. The third-order valence-corrected chi connectivity index (χ3v) is 4.22. The summed E-state index contributed by atoms with van der Waals surface area (Å²) in [6.45, 7) is 7.15. The number of rotatable bonds is 2.